The number of aliphatic carboxylic acids is 1. The molecule has 1 aromatic carbocycles. The van der Waals surface area contributed by atoms with Crippen LogP contribution in [0.1, 0.15) is 11.1 Å². The standard InChI is InChI=1S/C10H12BO2/c1-7-3-4-8(6-10(12)13)5-9(7)11-2/h3-5H,6H2,1-2H3,(H,12,13). The van der Waals surface area contributed by atoms with E-state index in [0.717, 1.165) is 11.0 Å². The first-order valence-corrected chi connectivity index (χ1v) is 4.24. The summed E-state index contributed by atoms with van der Waals surface area (Å²) in [5, 5.41) is 8.59. The number of carboxylic acids is 1. The molecule has 1 N–H and O–H groups in total. The Bertz CT molecular complexity index is 321. The highest BCUT2D eigenvalue weighted by Crippen LogP contribution is 2.01. The van der Waals surface area contributed by atoms with Crippen LogP contribution in [0.15, 0.2) is 18.2 Å². The largest absolute Gasteiger partial charge is 0.481 e. The van der Waals surface area contributed by atoms with Crippen molar-refractivity contribution in [2.24, 2.45) is 0 Å². The van der Waals surface area contributed by atoms with Crippen molar-refractivity contribution in [3.63, 3.8) is 0 Å². The molecule has 1 rings (SSSR count). The van der Waals surface area contributed by atoms with Crippen molar-refractivity contribution in [2.45, 2.75) is 20.2 Å². The van der Waals surface area contributed by atoms with E-state index in [1.807, 2.05) is 39.2 Å². The molecule has 2 nitrogen and oxygen atoms in total. The van der Waals surface area contributed by atoms with E-state index < -0.39 is 5.97 Å². The molecule has 0 spiro atoms. The Kier molecular flexibility index (Phi) is 3.12. The molecule has 0 aliphatic heterocycles. The molecule has 0 atom stereocenters. The molecule has 1 radical (unpaired) electrons. The summed E-state index contributed by atoms with van der Waals surface area (Å²) in [6.07, 6.45) is 0.0983. The molecule has 0 amide bonds. The van der Waals surface area contributed by atoms with Crippen LogP contribution in [0.2, 0.25) is 6.82 Å². The summed E-state index contributed by atoms with van der Waals surface area (Å²) in [6.45, 7) is 3.97. The van der Waals surface area contributed by atoms with Gasteiger partial charge >= 0.3 is 5.97 Å². The van der Waals surface area contributed by atoms with Gasteiger partial charge in [-0.2, -0.15) is 0 Å². The quantitative estimate of drug-likeness (QED) is 0.695. The minimum absolute atomic E-state index is 0.0983. The summed E-state index contributed by atoms with van der Waals surface area (Å²) in [6, 6.07) is 5.73. The van der Waals surface area contributed by atoms with Crippen LogP contribution in [0.3, 0.4) is 0 Å². The summed E-state index contributed by atoms with van der Waals surface area (Å²) >= 11 is 0. The van der Waals surface area contributed by atoms with E-state index in [9.17, 15) is 4.79 Å². The van der Waals surface area contributed by atoms with Crippen LogP contribution >= 0.6 is 0 Å². The summed E-state index contributed by atoms with van der Waals surface area (Å²) in [4.78, 5) is 10.4. The van der Waals surface area contributed by atoms with Gasteiger partial charge in [0.15, 0.2) is 0 Å². The molecule has 0 saturated carbocycles. The van der Waals surface area contributed by atoms with Gasteiger partial charge < -0.3 is 5.11 Å². The second kappa shape index (κ2) is 4.12. The lowest BCUT2D eigenvalue weighted by molar-refractivity contribution is -0.136. The molecule has 0 heterocycles. The molecule has 0 aliphatic carbocycles. The monoisotopic (exact) mass is 175 g/mol. The molecule has 0 fully saturated rings. The van der Waals surface area contributed by atoms with Crippen LogP contribution in [-0.4, -0.2) is 18.4 Å². The summed E-state index contributed by atoms with van der Waals surface area (Å²) in [5.41, 5.74) is 3.14. The average Bonchev–Trinajstić information content (AvgIpc) is 2.07. The first-order valence-electron chi connectivity index (χ1n) is 4.24. The molecular weight excluding hydrogens is 163 g/mol. The van der Waals surface area contributed by atoms with Gasteiger partial charge in [-0.25, -0.2) is 0 Å². The van der Waals surface area contributed by atoms with E-state index in [0.29, 0.717) is 0 Å². The molecule has 3 heteroatoms. The first kappa shape index (κ1) is 9.84. The van der Waals surface area contributed by atoms with Crippen molar-refractivity contribution in [1.29, 1.82) is 0 Å². The first-order chi connectivity index (χ1) is 6.13. The van der Waals surface area contributed by atoms with Crippen LogP contribution in [-0.2, 0) is 11.2 Å². The fourth-order valence-electron chi connectivity index (χ4n) is 1.29. The van der Waals surface area contributed by atoms with Gasteiger partial charge in [-0.1, -0.05) is 36.0 Å². The topological polar surface area (TPSA) is 37.3 Å². The lowest BCUT2D eigenvalue weighted by Crippen LogP contribution is -2.16. The van der Waals surface area contributed by atoms with Crippen LogP contribution in [0.5, 0.6) is 0 Å². The van der Waals surface area contributed by atoms with Crippen LogP contribution in [0.4, 0.5) is 0 Å². The maximum Gasteiger partial charge on any atom is 0.307 e. The van der Waals surface area contributed by atoms with Crippen LogP contribution in [0, 0.1) is 6.92 Å². The van der Waals surface area contributed by atoms with E-state index in [4.69, 9.17) is 5.11 Å². The second-order valence-electron chi connectivity index (χ2n) is 3.05. The Morgan fingerprint density at radius 1 is 1.54 bits per heavy atom. The van der Waals surface area contributed by atoms with Crippen molar-refractivity contribution in [2.75, 3.05) is 0 Å². The third-order valence-corrected chi connectivity index (χ3v) is 2.01. The predicted octanol–water partition coefficient (Wildman–Crippen LogP) is 1.000. The Hall–Kier alpha value is -1.25. The number of carboxylic acid groups (broad SMARTS) is 1. The number of carbonyl (C=O) groups is 1. The zero-order valence-corrected chi connectivity index (χ0v) is 7.87. The van der Waals surface area contributed by atoms with Gasteiger partial charge in [-0.05, 0) is 12.5 Å². The van der Waals surface area contributed by atoms with Gasteiger partial charge in [-0.15, -0.1) is 0 Å². The Balaban J connectivity index is 2.92. The maximum absolute atomic E-state index is 10.4. The van der Waals surface area contributed by atoms with Crippen LogP contribution < -0.4 is 5.46 Å². The smallest absolute Gasteiger partial charge is 0.307 e. The van der Waals surface area contributed by atoms with E-state index in [1.165, 1.54) is 5.56 Å². The molecule has 67 valence electrons. The van der Waals surface area contributed by atoms with Gasteiger partial charge in [0.2, 0.25) is 0 Å². The normalized spacial score (nSPS) is 9.69. The second-order valence-corrected chi connectivity index (χ2v) is 3.05. The Morgan fingerprint density at radius 2 is 2.23 bits per heavy atom. The molecule has 0 saturated heterocycles. The minimum atomic E-state index is -0.786. The minimum Gasteiger partial charge on any atom is -0.481 e. The molecule has 0 bridgehead atoms. The van der Waals surface area contributed by atoms with E-state index in [2.05, 4.69) is 0 Å². The maximum atomic E-state index is 10.4. The zero-order valence-electron chi connectivity index (χ0n) is 7.87. The van der Waals surface area contributed by atoms with Crippen molar-refractivity contribution < 1.29 is 9.90 Å². The van der Waals surface area contributed by atoms with Crippen molar-refractivity contribution in [1.82, 2.24) is 0 Å². The number of hydrogen-bond donors (Lipinski definition) is 1. The molecular formula is C10H12BO2. The SMILES string of the molecule is C[B]c1cc(CC(=O)O)ccc1C. The Labute approximate surface area is 78.8 Å². The highest BCUT2D eigenvalue weighted by Gasteiger charge is 2.02. The third-order valence-electron chi connectivity index (χ3n) is 2.01. The summed E-state index contributed by atoms with van der Waals surface area (Å²) in [7, 11) is 1.99. The number of hydrogen-bond acceptors (Lipinski definition) is 1. The van der Waals surface area contributed by atoms with E-state index in [-0.39, 0.29) is 6.42 Å². The van der Waals surface area contributed by atoms with Crippen molar-refractivity contribution >= 4 is 18.7 Å². The molecule has 0 unspecified atom stereocenters. The predicted molar refractivity (Wildman–Crippen MR) is 53.8 cm³/mol. The lowest BCUT2D eigenvalue weighted by atomic mass is 9.70. The summed E-state index contributed by atoms with van der Waals surface area (Å²) < 4.78 is 0. The molecule has 13 heavy (non-hydrogen) atoms. The van der Waals surface area contributed by atoms with Gasteiger partial charge in [0, 0.05) is 0 Å². The highest BCUT2D eigenvalue weighted by atomic mass is 16.4. The highest BCUT2D eigenvalue weighted by molar-refractivity contribution is 6.52. The molecule has 1 aromatic rings. The van der Waals surface area contributed by atoms with E-state index in [1.54, 1.807) is 0 Å². The zero-order chi connectivity index (χ0) is 9.84. The lowest BCUT2D eigenvalue weighted by Gasteiger charge is -2.04. The fraction of sp³-hybridized carbons (Fsp3) is 0.300. The molecule has 0 aromatic heterocycles. The van der Waals surface area contributed by atoms with Gasteiger partial charge in [-0.3, -0.25) is 4.79 Å². The number of aryl methyl sites for hydroxylation is 1. The number of benzene rings is 1. The van der Waals surface area contributed by atoms with Gasteiger partial charge in [0.1, 0.15) is 7.28 Å². The van der Waals surface area contributed by atoms with Gasteiger partial charge in [0.25, 0.3) is 0 Å². The molecule has 0 aliphatic rings. The third kappa shape index (κ3) is 2.62. The average molecular weight is 175 g/mol. The fourth-order valence-corrected chi connectivity index (χ4v) is 1.29. The Morgan fingerprint density at radius 3 is 2.77 bits per heavy atom. The van der Waals surface area contributed by atoms with Crippen molar-refractivity contribution in [3.8, 4) is 0 Å². The number of rotatable bonds is 3. The summed E-state index contributed by atoms with van der Waals surface area (Å²) in [5.74, 6) is -0.786. The van der Waals surface area contributed by atoms with Gasteiger partial charge in [0.05, 0.1) is 6.42 Å². The van der Waals surface area contributed by atoms with E-state index >= 15 is 0 Å². The van der Waals surface area contributed by atoms with Crippen molar-refractivity contribution in [3.05, 3.63) is 29.3 Å². The van der Waals surface area contributed by atoms with Crippen LogP contribution in [0.25, 0.3) is 0 Å².